The van der Waals surface area contributed by atoms with Crippen molar-refractivity contribution in [2.45, 2.75) is 20.1 Å². The summed E-state index contributed by atoms with van der Waals surface area (Å²) in [5.41, 5.74) is 2.75. The second kappa shape index (κ2) is 8.57. The maximum atomic E-state index is 12.4. The number of aromatic nitrogens is 3. The first-order valence-electron chi connectivity index (χ1n) is 9.49. The SMILES string of the molecule is Cc1ccc(C(=O)OCc2cn(CC(=O)Nc3cccc4ccccc34)nn2)cc1. The van der Waals surface area contributed by atoms with E-state index in [0.717, 1.165) is 22.0 Å². The minimum Gasteiger partial charge on any atom is -0.455 e. The number of hydrogen-bond donors (Lipinski definition) is 1. The van der Waals surface area contributed by atoms with Crippen LogP contribution in [0.4, 0.5) is 5.69 Å². The summed E-state index contributed by atoms with van der Waals surface area (Å²) in [4.78, 5) is 24.5. The normalized spacial score (nSPS) is 10.7. The van der Waals surface area contributed by atoms with Crippen LogP contribution in [0.25, 0.3) is 10.8 Å². The van der Waals surface area contributed by atoms with Crippen molar-refractivity contribution in [3.05, 3.63) is 89.7 Å². The van der Waals surface area contributed by atoms with E-state index in [1.165, 1.54) is 4.68 Å². The highest BCUT2D eigenvalue weighted by molar-refractivity contribution is 6.02. The van der Waals surface area contributed by atoms with Crippen molar-refractivity contribution < 1.29 is 14.3 Å². The van der Waals surface area contributed by atoms with Gasteiger partial charge in [0.2, 0.25) is 5.91 Å². The van der Waals surface area contributed by atoms with Crippen LogP contribution < -0.4 is 5.32 Å². The lowest BCUT2D eigenvalue weighted by Crippen LogP contribution is -2.19. The third-order valence-electron chi connectivity index (χ3n) is 4.59. The van der Waals surface area contributed by atoms with E-state index in [1.807, 2.05) is 61.5 Å². The molecule has 0 aliphatic rings. The topological polar surface area (TPSA) is 86.1 Å². The van der Waals surface area contributed by atoms with Gasteiger partial charge in [-0.15, -0.1) is 5.10 Å². The van der Waals surface area contributed by atoms with Crippen molar-refractivity contribution in [2.24, 2.45) is 0 Å². The van der Waals surface area contributed by atoms with E-state index < -0.39 is 5.97 Å². The third kappa shape index (κ3) is 4.52. The lowest BCUT2D eigenvalue weighted by Gasteiger charge is -2.08. The Hall–Kier alpha value is -4.00. The van der Waals surface area contributed by atoms with E-state index in [0.29, 0.717) is 11.3 Å². The number of carbonyl (C=O) groups excluding carboxylic acids is 2. The van der Waals surface area contributed by atoms with Crippen LogP contribution in [-0.2, 0) is 22.7 Å². The standard InChI is InChI=1S/C23H20N4O3/c1-16-9-11-18(12-10-16)23(29)30-15-19-13-27(26-25-19)14-22(28)24-21-8-4-6-17-5-2-3-7-20(17)21/h2-13H,14-15H2,1H3,(H,24,28). The summed E-state index contributed by atoms with van der Waals surface area (Å²) in [5.74, 6) is -0.655. The van der Waals surface area contributed by atoms with Gasteiger partial charge >= 0.3 is 5.97 Å². The number of amides is 1. The van der Waals surface area contributed by atoms with Gasteiger partial charge in [-0.3, -0.25) is 4.79 Å². The van der Waals surface area contributed by atoms with E-state index in [2.05, 4.69) is 15.6 Å². The molecule has 0 radical (unpaired) electrons. The zero-order chi connectivity index (χ0) is 20.9. The third-order valence-corrected chi connectivity index (χ3v) is 4.59. The van der Waals surface area contributed by atoms with Crippen LogP contribution in [0.3, 0.4) is 0 Å². The Bertz CT molecular complexity index is 1190. The van der Waals surface area contributed by atoms with Crippen molar-refractivity contribution in [1.29, 1.82) is 0 Å². The Labute approximate surface area is 173 Å². The molecule has 7 nitrogen and oxygen atoms in total. The van der Waals surface area contributed by atoms with Gasteiger partial charge in [0.25, 0.3) is 0 Å². The predicted octanol–water partition coefficient (Wildman–Crippen LogP) is 3.74. The zero-order valence-electron chi connectivity index (χ0n) is 16.4. The summed E-state index contributed by atoms with van der Waals surface area (Å²) in [6.07, 6.45) is 1.59. The van der Waals surface area contributed by atoms with Gasteiger partial charge in [0.15, 0.2) is 0 Å². The second-order valence-electron chi connectivity index (χ2n) is 6.92. The molecular formula is C23H20N4O3. The molecule has 0 atom stereocenters. The summed E-state index contributed by atoms with van der Waals surface area (Å²) in [6.45, 7) is 1.93. The first-order valence-corrected chi connectivity index (χ1v) is 9.49. The molecule has 0 saturated heterocycles. The maximum absolute atomic E-state index is 12.4. The van der Waals surface area contributed by atoms with E-state index >= 15 is 0 Å². The first kappa shape index (κ1) is 19.3. The van der Waals surface area contributed by atoms with Gasteiger partial charge in [0, 0.05) is 11.1 Å². The Morgan fingerprint density at radius 3 is 2.60 bits per heavy atom. The minimum atomic E-state index is -0.432. The van der Waals surface area contributed by atoms with Crippen molar-refractivity contribution in [2.75, 3.05) is 5.32 Å². The largest absolute Gasteiger partial charge is 0.455 e. The highest BCUT2D eigenvalue weighted by Crippen LogP contribution is 2.22. The quantitative estimate of drug-likeness (QED) is 0.499. The number of fused-ring (bicyclic) bond motifs is 1. The smallest absolute Gasteiger partial charge is 0.338 e. The molecule has 4 aromatic rings. The molecular weight excluding hydrogens is 380 g/mol. The molecule has 4 rings (SSSR count). The van der Waals surface area contributed by atoms with E-state index in [9.17, 15) is 9.59 Å². The molecule has 1 heterocycles. The van der Waals surface area contributed by atoms with Crippen LogP contribution in [0.2, 0.25) is 0 Å². The number of rotatable bonds is 6. The molecule has 1 amide bonds. The number of ether oxygens (including phenoxy) is 1. The molecule has 0 fully saturated rings. The van der Waals surface area contributed by atoms with Gasteiger partial charge in [-0.1, -0.05) is 59.3 Å². The molecule has 0 bridgehead atoms. The van der Waals surface area contributed by atoms with Crippen LogP contribution in [-0.4, -0.2) is 26.9 Å². The van der Waals surface area contributed by atoms with Crippen LogP contribution in [0.5, 0.6) is 0 Å². The zero-order valence-corrected chi connectivity index (χ0v) is 16.4. The number of anilines is 1. The molecule has 0 saturated carbocycles. The number of aryl methyl sites for hydroxylation is 1. The number of benzene rings is 3. The molecule has 3 aromatic carbocycles. The number of nitrogens with zero attached hydrogens (tertiary/aromatic N) is 3. The monoisotopic (exact) mass is 400 g/mol. The van der Waals surface area contributed by atoms with Crippen LogP contribution in [0, 0.1) is 6.92 Å². The molecule has 150 valence electrons. The highest BCUT2D eigenvalue weighted by Gasteiger charge is 2.11. The number of carbonyl (C=O) groups is 2. The summed E-state index contributed by atoms with van der Waals surface area (Å²) < 4.78 is 6.67. The second-order valence-corrected chi connectivity index (χ2v) is 6.92. The Balaban J connectivity index is 1.34. The number of nitrogens with one attached hydrogen (secondary N) is 1. The summed E-state index contributed by atoms with van der Waals surface area (Å²) in [6, 6.07) is 20.7. The van der Waals surface area contributed by atoms with Crippen molar-refractivity contribution in [3.8, 4) is 0 Å². The maximum Gasteiger partial charge on any atom is 0.338 e. The average Bonchev–Trinajstić information content (AvgIpc) is 3.20. The fraction of sp³-hybridized carbons (Fsp3) is 0.130. The van der Waals surface area contributed by atoms with Crippen LogP contribution in [0.15, 0.2) is 72.9 Å². The number of esters is 1. The van der Waals surface area contributed by atoms with Crippen LogP contribution >= 0.6 is 0 Å². The van der Waals surface area contributed by atoms with Gasteiger partial charge in [0.1, 0.15) is 18.8 Å². The van der Waals surface area contributed by atoms with Crippen molar-refractivity contribution >= 4 is 28.3 Å². The van der Waals surface area contributed by atoms with E-state index in [4.69, 9.17) is 4.74 Å². The van der Waals surface area contributed by atoms with Gasteiger partial charge in [-0.2, -0.15) is 0 Å². The van der Waals surface area contributed by atoms with Gasteiger partial charge < -0.3 is 10.1 Å². The van der Waals surface area contributed by atoms with E-state index in [-0.39, 0.29) is 19.1 Å². The molecule has 30 heavy (non-hydrogen) atoms. The Morgan fingerprint density at radius 1 is 1.00 bits per heavy atom. The molecule has 0 unspecified atom stereocenters. The van der Waals surface area contributed by atoms with Gasteiger partial charge in [-0.25, -0.2) is 9.48 Å². The summed E-state index contributed by atoms with van der Waals surface area (Å²) in [7, 11) is 0. The summed E-state index contributed by atoms with van der Waals surface area (Å²) >= 11 is 0. The number of hydrogen-bond acceptors (Lipinski definition) is 5. The van der Waals surface area contributed by atoms with Gasteiger partial charge in [0.05, 0.1) is 11.8 Å². The van der Waals surface area contributed by atoms with Crippen molar-refractivity contribution in [1.82, 2.24) is 15.0 Å². The minimum absolute atomic E-state index is 0.00211. The molecule has 0 spiro atoms. The van der Waals surface area contributed by atoms with E-state index in [1.54, 1.807) is 18.3 Å². The fourth-order valence-corrected chi connectivity index (χ4v) is 3.07. The predicted molar refractivity (Wildman–Crippen MR) is 113 cm³/mol. The Kier molecular flexibility index (Phi) is 5.52. The molecule has 1 N–H and O–H groups in total. The Morgan fingerprint density at radius 2 is 1.77 bits per heavy atom. The lowest BCUT2D eigenvalue weighted by molar-refractivity contribution is -0.116. The van der Waals surface area contributed by atoms with Crippen molar-refractivity contribution in [3.63, 3.8) is 0 Å². The average molecular weight is 400 g/mol. The molecule has 1 aromatic heterocycles. The van der Waals surface area contributed by atoms with Gasteiger partial charge in [-0.05, 0) is 30.5 Å². The molecule has 0 aliphatic heterocycles. The summed E-state index contributed by atoms with van der Waals surface area (Å²) in [5, 5.41) is 12.8. The fourth-order valence-electron chi connectivity index (χ4n) is 3.07. The first-order chi connectivity index (χ1) is 14.6. The highest BCUT2D eigenvalue weighted by atomic mass is 16.5. The molecule has 7 heteroatoms. The molecule has 0 aliphatic carbocycles. The lowest BCUT2D eigenvalue weighted by atomic mass is 10.1. The van der Waals surface area contributed by atoms with Crippen LogP contribution in [0.1, 0.15) is 21.6 Å².